The summed E-state index contributed by atoms with van der Waals surface area (Å²) in [5.74, 6) is -14.9. The van der Waals surface area contributed by atoms with Crippen molar-refractivity contribution < 1.29 is 26.3 Å². The maximum absolute atomic E-state index is 12.2. The van der Waals surface area contributed by atoms with Crippen molar-refractivity contribution in [3.63, 3.8) is 0 Å². The SMILES string of the molecule is [CH2]CC(F)(F)C(F)(F)C(C)(F)F. The molecule has 0 saturated heterocycles. The van der Waals surface area contributed by atoms with Crippen LogP contribution < -0.4 is 0 Å². The van der Waals surface area contributed by atoms with Gasteiger partial charge in [0.15, 0.2) is 0 Å². The van der Waals surface area contributed by atoms with Crippen LogP contribution in [-0.4, -0.2) is 17.8 Å². The monoisotopic (exact) mass is 193 g/mol. The summed E-state index contributed by atoms with van der Waals surface area (Å²) in [6, 6.07) is 0. The molecule has 0 atom stereocenters. The molecular formula is C6H7F6. The van der Waals surface area contributed by atoms with Crippen LogP contribution >= 0.6 is 0 Å². The molecule has 0 fully saturated rings. The van der Waals surface area contributed by atoms with Crippen molar-refractivity contribution in [1.82, 2.24) is 0 Å². The van der Waals surface area contributed by atoms with Gasteiger partial charge < -0.3 is 0 Å². The minimum atomic E-state index is -5.35. The Morgan fingerprint density at radius 3 is 1.42 bits per heavy atom. The highest BCUT2D eigenvalue weighted by Crippen LogP contribution is 2.46. The smallest absolute Gasteiger partial charge is 0.200 e. The predicted molar refractivity (Wildman–Crippen MR) is 30.5 cm³/mol. The van der Waals surface area contributed by atoms with E-state index in [1.54, 1.807) is 0 Å². The lowest BCUT2D eigenvalue weighted by Gasteiger charge is -2.29. The molecule has 0 N–H and O–H groups in total. The zero-order chi connectivity index (χ0) is 10.2. The van der Waals surface area contributed by atoms with Crippen molar-refractivity contribution in [2.75, 3.05) is 0 Å². The van der Waals surface area contributed by atoms with Gasteiger partial charge in [0.25, 0.3) is 0 Å². The van der Waals surface area contributed by atoms with E-state index in [1.165, 1.54) is 0 Å². The second-order valence-electron chi connectivity index (χ2n) is 2.42. The van der Waals surface area contributed by atoms with Crippen LogP contribution in [0, 0.1) is 6.92 Å². The molecule has 0 aromatic rings. The third kappa shape index (κ3) is 1.67. The third-order valence-electron chi connectivity index (χ3n) is 1.32. The predicted octanol–water partition coefficient (Wildman–Crippen LogP) is 3.14. The number of hydrogen-bond acceptors (Lipinski definition) is 0. The summed E-state index contributed by atoms with van der Waals surface area (Å²) >= 11 is 0. The Bertz CT molecular complexity index is 156. The van der Waals surface area contributed by atoms with Gasteiger partial charge in [-0.05, 0) is 6.92 Å². The van der Waals surface area contributed by atoms with Crippen LogP contribution in [0.5, 0.6) is 0 Å². The van der Waals surface area contributed by atoms with E-state index in [1.807, 2.05) is 0 Å². The molecule has 6 heteroatoms. The summed E-state index contributed by atoms with van der Waals surface area (Å²) < 4.78 is 72.5. The maximum atomic E-state index is 12.2. The molecule has 0 aliphatic carbocycles. The molecule has 0 spiro atoms. The summed E-state index contributed by atoms with van der Waals surface area (Å²) in [6.07, 6.45) is -1.57. The van der Waals surface area contributed by atoms with Crippen LogP contribution in [-0.2, 0) is 0 Å². The third-order valence-corrected chi connectivity index (χ3v) is 1.32. The fraction of sp³-hybridized carbons (Fsp3) is 0.833. The average Bonchev–Trinajstić information content (AvgIpc) is 1.85. The van der Waals surface area contributed by atoms with Crippen molar-refractivity contribution in [2.45, 2.75) is 31.1 Å². The lowest BCUT2D eigenvalue weighted by molar-refractivity contribution is -0.301. The van der Waals surface area contributed by atoms with Gasteiger partial charge in [0.1, 0.15) is 0 Å². The van der Waals surface area contributed by atoms with E-state index >= 15 is 0 Å². The van der Waals surface area contributed by atoms with Crippen LogP contribution in [0.1, 0.15) is 13.3 Å². The van der Waals surface area contributed by atoms with Crippen LogP contribution in [0.25, 0.3) is 0 Å². The lowest BCUT2D eigenvalue weighted by atomic mass is 10.0. The first-order valence-electron chi connectivity index (χ1n) is 2.99. The van der Waals surface area contributed by atoms with Gasteiger partial charge in [-0.2, -0.15) is 26.3 Å². The molecule has 0 aromatic carbocycles. The molecule has 73 valence electrons. The number of hydrogen-bond donors (Lipinski definition) is 0. The summed E-state index contributed by atoms with van der Waals surface area (Å²) in [5, 5.41) is 0. The molecule has 12 heavy (non-hydrogen) atoms. The van der Waals surface area contributed by atoms with Crippen LogP contribution in [0.3, 0.4) is 0 Å². The Hall–Kier alpha value is -0.420. The first kappa shape index (κ1) is 11.6. The van der Waals surface area contributed by atoms with Crippen molar-refractivity contribution in [2.24, 2.45) is 0 Å². The Morgan fingerprint density at radius 2 is 1.33 bits per heavy atom. The topological polar surface area (TPSA) is 0 Å². The fourth-order valence-corrected chi connectivity index (χ4v) is 0.478. The van der Waals surface area contributed by atoms with Crippen molar-refractivity contribution in [3.05, 3.63) is 6.92 Å². The van der Waals surface area contributed by atoms with Gasteiger partial charge in [0.05, 0.1) is 0 Å². The minimum absolute atomic E-state index is 0.253. The molecule has 0 aliphatic heterocycles. The quantitative estimate of drug-likeness (QED) is 0.604. The summed E-state index contributed by atoms with van der Waals surface area (Å²) in [5.41, 5.74) is 0. The molecule has 0 nitrogen and oxygen atoms in total. The Morgan fingerprint density at radius 1 is 1.00 bits per heavy atom. The van der Waals surface area contributed by atoms with Crippen LogP contribution in [0.15, 0.2) is 0 Å². The molecule has 0 amide bonds. The minimum Gasteiger partial charge on any atom is -0.200 e. The molecule has 1 radical (unpaired) electrons. The highest BCUT2D eigenvalue weighted by molar-refractivity contribution is 4.94. The highest BCUT2D eigenvalue weighted by Gasteiger charge is 2.67. The number of rotatable bonds is 3. The van der Waals surface area contributed by atoms with Gasteiger partial charge in [-0.25, -0.2) is 0 Å². The second-order valence-corrected chi connectivity index (χ2v) is 2.42. The van der Waals surface area contributed by atoms with Crippen molar-refractivity contribution >= 4 is 0 Å². The van der Waals surface area contributed by atoms with Crippen molar-refractivity contribution in [3.8, 4) is 0 Å². The highest BCUT2D eigenvalue weighted by atomic mass is 19.3. The first-order valence-corrected chi connectivity index (χ1v) is 2.99. The van der Waals surface area contributed by atoms with E-state index < -0.39 is 24.2 Å². The van der Waals surface area contributed by atoms with Gasteiger partial charge in [-0.15, -0.1) is 0 Å². The Balaban J connectivity index is 4.85. The van der Waals surface area contributed by atoms with Gasteiger partial charge in [0, 0.05) is 13.3 Å². The summed E-state index contributed by atoms with van der Waals surface area (Å²) in [7, 11) is 0. The second kappa shape index (κ2) is 2.81. The molecule has 0 aliphatic rings. The number of halogens is 6. The Labute approximate surface area is 65.6 Å². The van der Waals surface area contributed by atoms with E-state index in [0.717, 1.165) is 0 Å². The van der Waals surface area contributed by atoms with E-state index in [9.17, 15) is 26.3 Å². The zero-order valence-electron chi connectivity index (χ0n) is 6.18. The standard InChI is InChI=1S/C6H7F6/c1-3-5(9,10)6(11,12)4(2,7)8/h1,3H2,2H3. The molecule has 0 heterocycles. The molecule has 0 saturated carbocycles. The lowest BCUT2D eigenvalue weighted by Crippen LogP contribution is -2.52. The summed E-state index contributed by atoms with van der Waals surface area (Å²) in [6.45, 7) is 2.22. The molecule has 0 bridgehead atoms. The zero-order valence-corrected chi connectivity index (χ0v) is 6.18. The van der Waals surface area contributed by atoms with E-state index in [2.05, 4.69) is 6.92 Å². The van der Waals surface area contributed by atoms with Crippen LogP contribution in [0.4, 0.5) is 26.3 Å². The molecule has 0 rings (SSSR count). The molecule has 0 unspecified atom stereocenters. The van der Waals surface area contributed by atoms with E-state index in [4.69, 9.17) is 0 Å². The molecular weight excluding hydrogens is 186 g/mol. The largest absolute Gasteiger partial charge is 0.371 e. The fourth-order valence-electron chi connectivity index (χ4n) is 0.478. The van der Waals surface area contributed by atoms with Crippen LogP contribution in [0.2, 0.25) is 0 Å². The van der Waals surface area contributed by atoms with Gasteiger partial charge in [-0.3, -0.25) is 0 Å². The average molecular weight is 193 g/mol. The van der Waals surface area contributed by atoms with Gasteiger partial charge in [-0.1, -0.05) is 0 Å². The molecule has 0 aromatic heterocycles. The Kier molecular flexibility index (Phi) is 2.71. The van der Waals surface area contributed by atoms with E-state index in [0.29, 0.717) is 0 Å². The van der Waals surface area contributed by atoms with Crippen molar-refractivity contribution in [1.29, 1.82) is 0 Å². The summed E-state index contributed by atoms with van der Waals surface area (Å²) in [4.78, 5) is 0. The maximum Gasteiger partial charge on any atom is 0.371 e. The normalized spacial score (nSPS) is 15.0. The number of alkyl halides is 6. The van der Waals surface area contributed by atoms with E-state index in [-0.39, 0.29) is 6.92 Å². The van der Waals surface area contributed by atoms with Gasteiger partial charge >= 0.3 is 17.8 Å². The van der Waals surface area contributed by atoms with Gasteiger partial charge in [0.2, 0.25) is 0 Å². The first-order chi connectivity index (χ1) is 5.06.